The first-order valence-electron chi connectivity index (χ1n) is 10.3. The van der Waals surface area contributed by atoms with Crippen molar-refractivity contribution in [1.29, 1.82) is 0 Å². The van der Waals surface area contributed by atoms with Gasteiger partial charge in [0.15, 0.2) is 0 Å². The van der Waals surface area contributed by atoms with Gasteiger partial charge in [-0.05, 0) is 86.6 Å². The van der Waals surface area contributed by atoms with Crippen LogP contribution in [0.1, 0.15) is 44.1 Å². The lowest BCUT2D eigenvalue weighted by Crippen LogP contribution is -2.58. The van der Waals surface area contributed by atoms with E-state index in [1.54, 1.807) is 0 Å². The van der Waals surface area contributed by atoms with Crippen LogP contribution in [0.4, 0.5) is 0 Å². The number of carbonyl (C=O) groups excluding carboxylic acids is 1. The number of rotatable bonds is 4. The van der Waals surface area contributed by atoms with E-state index in [-0.39, 0.29) is 11.9 Å². The van der Waals surface area contributed by atoms with Gasteiger partial charge in [-0.2, -0.15) is 0 Å². The fourth-order valence-corrected chi connectivity index (χ4v) is 6.62. The maximum Gasteiger partial charge on any atom is 0.237 e. The van der Waals surface area contributed by atoms with Crippen molar-refractivity contribution in [1.82, 2.24) is 10.6 Å². The van der Waals surface area contributed by atoms with E-state index >= 15 is 0 Å². The van der Waals surface area contributed by atoms with Crippen molar-refractivity contribution in [2.24, 2.45) is 29.6 Å². The first-order chi connectivity index (χ1) is 12.3. The Hall–Kier alpha value is -1.35. The van der Waals surface area contributed by atoms with Crippen molar-refractivity contribution in [2.75, 3.05) is 6.54 Å². The van der Waals surface area contributed by atoms with Crippen molar-refractivity contribution in [3.8, 4) is 0 Å². The van der Waals surface area contributed by atoms with E-state index < -0.39 is 0 Å². The Morgan fingerprint density at radius 3 is 2.36 bits per heavy atom. The summed E-state index contributed by atoms with van der Waals surface area (Å²) in [7, 11) is 0. The smallest absolute Gasteiger partial charge is 0.237 e. The first kappa shape index (κ1) is 15.9. The lowest BCUT2D eigenvalue weighted by atomic mass is 9.54. The average molecular weight is 338 g/mol. The number of nitrogens with one attached hydrogen (secondary N) is 2. The summed E-state index contributed by atoms with van der Waals surface area (Å²) in [5.74, 6) is 4.15. The average Bonchev–Trinajstić information content (AvgIpc) is 3.06. The zero-order valence-corrected chi connectivity index (χ0v) is 15.0. The third-order valence-corrected chi connectivity index (χ3v) is 7.51. The van der Waals surface area contributed by atoms with Crippen LogP contribution in [0.15, 0.2) is 30.3 Å². The van der Waals surface area contributed by atoms with Crippen LogP contribution in [0.3, 0.4) is 0 Å². The van der Waals surface area contributed by atoms with Gasteiger partial charge in [-0.1, -0.05) is 30.3 Å². The molecule has 3 heteroatoms. The highest BCUT2D eigenvalue weighted by Gasteiger charge is 2.49. The Kier molecular flexibility index (Phi) is 4.08. The molecule has 2 N–H and O–H groups in total. The summed E-state index contributed by atoms with van der Waals surface area (Å²) >= 11 is 0. The third kappa shape index (κ3) is 3.01. The van der Waals surface area contributed by atoms with Gasteiger partial charge in [0, 0.05) is 6.04 Å². The predicted octanol–water partition coefficient (Wildman–Crippen LogP) is 3.15. The molecule has 0 radical (unpaired) electrons. The number of hydrogen-bond donors (Lipinski definition) is 2. The third-order valence-electron chi connectivity index (χ3n) is 7.51. The van der Waals surface area contributed by atoms with E-state index in [4.69, 9.17) is 0 Å². The molecule has 4 bridgehead atoms. The molecule has 4 aliphatic carbocycles. The monoisotopic (exact) mass is 338 g/mol. The minimum absolute atomic E-state index is 0.00241. The van der Waals surface area contributed by atoms with Crippen LogP contribution in [0.25, 0.3) is 0 Å². The van der Waals surface area contributed by atoms with Crippen LogP contribution in [-0.4, -0.2) is 24.5 Å². The van der Waals surface area contributed by atoms with Crippen LogP contribution in [-0.2, 0) is 11.2 Å². The van der Waals surface area contributed by atoms with Gasteiger partial charge in [-0.25, -0.2) is 0 Å². The van der Waals surface area contributed by atoms with Crippen LogP contribution in [0.5, 0.6) is 0 Å². The number of benzene rings is 1. The Morgan fingerprint density at radius 2 is 1.68 bits per heavy atom. The molecule has 0 aromatic heterocycles. The fraction of sp³-hybridized carbons (Fsp3) is 0.682. The van der Waals surface area contributed by atoms with Gasteiger partial charge in [-0.3, -0.25) is 4.79 Å². The quantitative estimate of drug-likeness (QED) is 0.885. The molecule has 1 heterocycles. The molecule has 5 aliphatic rings. The molecule has 6 rings (SSSR count). The second kappa shape index (κ2) is 6.42. The van der Waals surface area contributed by atoms with E-state index in [2.05, 4.69) is 41.0 Å². The van der Waals surface area contributed by atoms with Gasteiger partial charge in [-0.15, -0.1) is 0 Å². The molecule has 1 amide bonds. The van der Waals surface area contributed by atoms with E-state index in [0.717, 1.165) is 43.1 Å². The Balaban J connectivity index is 1.24. The van der Waals surface area contributed by atoms with Gasteiger partial charge in [0.2, 0.25) is 5.91 Å². The number of carbonyl (C=O) groups is 1. The van der Waals surface area contributed by atoms with Crippen LogP contribution >= 0.6 is 0 Å². The largest absolute Gasteiger partial charge is 0.351 e. The molecule has 4 saturated carbocycles. The minimum atomic E-state index is -0.00241. The normalized spacial score (nSPS) is 41.8. The number of amides is 1. The van der Waals surface area contributed by atoms with Gasteiger partial charge < -0.3 is 10.6 Å². The summed E-state index contributed by atoms with van der Waals surface area (Å²) in [4.78, 5) is 13.1. The minimum Gasteiger partial charge on any atom is -0.351 e. The maximum atomic E-state index is 13.1. The summed E-state index contributed by atoms with van der Waals surface area (Å²) < 4.78 is 0. The molecular formula is C22H30N2O. The van der Waals surface area contributed by atoms with Gasteiger partial charge in [0.05, 0.1) is 6.04 Å². The number of hydrogen-bond acceptors (Lipinski definition) is 2. The topological polar surface area (TPSA) is 41.1 Å². The van der Waals surface area contributed by atoms with Crippen molar-refractivity contribution in [3.05, 3.63) is 35.9 Å². The Bertz CT molecular complexity index is 600. The van der Waals surface area contributed by atoms with Crippen molar-refractivity contribution in [3.63, 3.8) is 0 Å². The van der Waals surface area contributed by atoms with Gasteiger partial charge >= 0.3 is 0 Å². The summed E-state index contributed by atoms with van der Waals surface area (Å²) in [5.41, 5.74) is 1.35. The summed E-state index contributed by atoms with van der Waals surface area (Å²) in [5, 5.41) is 7.01. The van der Waals surface area contributed by atoms with Crippen molar-refractivity contribution >= 4 is 5.91 Å². The van der Waals surface area contributed by atoms with Crippen LogP contribution in [0.2, 0.25) is 0 Å². The molecule has 1 saturated heterocycles. The van der Waals surface area contributed by atoms with Crippen LogP contribution in [0, 0.1) is 29.6 Å². The van der Waals surface area contributed by atoms with E-state index in [1.807, 2.05) is 0 Å². The van der Waals surface area contributed by atoms with E-state index in [9.17, 15) is 4.79 Å². The van der Waals surface area contributed by atoms with Gasteiger partial charge in [0.25, 0.3) is 0 Å². The molecule has 0 unspecified atom stereocenters. The Labute approximate surface area is 151 Å². The molecular weight excluding hydrogens is 308 g/mol. The second-order valence-electron chi connectivity index (χ2n) is 9.14. The predicted molar refractivity (Wildman–Crippen MR) is 99.0 cm³/mol. The standard InChI is InChI=1S/C22H30N2O/c25-22(21-17(6-7-23-21)9-14-4-2-1-3-5-14)24-20-18-10-15-8-16(12-18)13-19(20)11-15/h1-5,15-21,23H,6-13H2,(H,24,25)/t15?,16?,17-,18?,19?,20?,21+/m1/s1. The zero-order valence-electron chi connectivity index (χ0n) is 15.0. The molecule has 25 heavy (non-hydrogen) atoms. The zero-order chi connectivity index (χ0) is 16.8. The molecule has 3 nitrogen and oxygen atoms in total. The van der Waals surface area contributed by atoms with E-state index in [1.165, 1.54) is 37.7 Å². The summed E-state index contributed by atoms with van der Waals surface area (Å²) in [6.45, 7) is 0.970. The second-order valence-corrected chi connectivity index (χ2v) is 9.14. The molecule has 134 valence electrons. The molecule has 0 spiro atoms. The lowest BCUT2D eigenvalue weighted by Gasteiger charge is -2.54. The van der Waals surface area contributed by atoms with Crippen LogP contribution < -0.4 is 10.6 Å². The van der Waals surface area contributed by atoms with Crippen molar-refractivity contribution in [2.45, 2.75) is 57.0 Å². The first-order valence-corrected chi connectivity index (χ1v) is 10.3. The molecule has 1 aromatic carbocycles. The molecule has 2 atom stereocenters. The van der Waals surface area contributed by atoms with Gasteiger partial charge in [0.1, 0.15) is 0 Å². The summed E-state index contributed by atoms with van der Waals surface area (Å²) in [6.07, 6.45) is 9.04. The highest BCUT2D eigenvalue weighted by atomic mass is 16.2. The highest BCUT2D eigenvalue weighted by molar-refractivity contribution is 5.83. The van der Waals surface area contributed by atoms with Crippen molar-refractivity contribution < 1.29 is 4.79 Å². The SMILES string of the molecule is O=C(NC1C2CC3CC(C2)CC1C3)[C@H]1NCC[C@@H]1Cc1ccccc1. The maximum absolute atomic E-state index is 13.1. The Morgan fingerprint density at radius 1 is 1.00 bits per heavy atom. The highest BCUT2D eigenvalue weighted by Crippen LogP contribution is 2.53. The summed E-state index contributed by atoms with van der Waals surface area (Å²) in [6, 6.07) is 11.1. The molecule has 1 aliphatic heterocycles. The molecule has 1 aromatic rings. The fourth-order valence-electron chi connectivity index (χ4n) is 6.62. The van der Waals surface area contributed by atoms with E-state index in [0.29, 0.717) is 12.0 Å². The lowest BCUT2D eigenvalue weighted by molar-refractivity contribution is -0.127. The molecule has 5 fully saturated rings.